The minimum Gasteiger partial charge on any atom is -0.457 e. The summed E-state index contributed by atoms with van der Waals surface area (Å²) in [6, 6.07) is 16.4. The number of ether oxygens (including phenoxy) is 2. The van der Waals surface area contributed by atoms with Crippen molar-refractivity contribution in [2.45, 2.75) is 57.8 Å². The number of rotatable bonds is 7. The fourth-order valence-electron chi connectivity index (χ4n) is 4.55. The van der Waals surface area contributed by atoms with Gasteiger partial charge in [-0.15, -0.1) is 0 Å². The van der Waals surface area contributed by atoms with Crippen LogP contribution in [-0.4, -0.2) is 40.6 Å². The first-order valence-electron chi connectivity index (χ1n) is 12.5. The minimum atomic E-state index is -0.942. The average Bonchev–Trinajstić information content (AvgIpc) is 2.86. The van der Waals surface area contributed by atoms with Crippen molar-refractivity contribution in [1.29, 1.82) is 0 Å². The van der Waals surface area contributed by atoms with Crippen LogP contribution in [0.25, 0.3) is 0 Å². The van der Waals surface area contributed by atoms with E-state index in [0.717, 1.165) is 17.5 Å². The predicted molar refractivity (Wildman–Crippen MR) is 143 cm³/mol. The van der Waals surface area contributed by atoms with Crippen molar-refractivity contribution in [2.75, 3.05) is 6.54 Å². The average molecular weight is 540 g/mol. The summed E-state index contributed by atoms with van der Waals surface area (Å²) in [5, 5.41) is 11.5. The molecular formula is C30H31ClFNO5. The highest BCUT2D eigenvalue weighted by atomic mass is 35.5. The number of aldehydes is 1. The van der Waals surface area contributed by atoms with Crippen molar-refractivity contribution in [3.8, 4) is 11.5 Å². The van der Waals surface area contributed by atoms with E-state index < -0.39 is 23.6 Å². The first-order valence-corrected chi connectivity index (χ1v) is 12.9. The van der Waals surface area contributed by atoms with Crippen LogP contribution in [0.15, 0.2) is 60.7 Å². The Balaban J connectivity index is 1.56. The molecule has 8 heteroatoms. The molecule has 0 aliphatic heterocycles. The Morgan fingerprint density at radius 3 is 2.58 bits per heavy atom. The summed E-state index contributed by atoms with van der Waals surface area (Å²) in [5.41, 5.74) is 1.99. The molecule has 1 N–H and O–H groups in total. The van der Waals surface area contributed by atoms with E-state index in [-0.39, 0.29) is 18.2 Å². The number of amides is 1. The number of aryl methyl sites for hydroxylation is 1. The van der Waals surface area contributed by atoms with Gasteiger partial charge in [-0.3, -0.25) is 4.79 Å². The Kier molecular flexibility index (Phi) is 8.38. The highest BCUT2D eigenvalue weighted by Crippen LogP contribution is 2.32. The molecule has 0 fully saturated rings. The van der Waals surface area contributed by atoms with Crippen LogP contribution in [0.1, 0.15) is 60.3 Å². The highest BCUT2D eigenvalue weighted by molar-refractivity contribution is 6.30. The molecule has 0 aromatic heterocycles. The topological polar surface area (TPSA) is 76.1 Å². The maximum atomic E-state index is 13.7. The zero-order valence-electron chi connectivity index (χ0n) is 21.6. The quantitative estimate of drug-likeness (QED) is 0.330. The molecule has 0 spiro atoms. The van der Waals surface area contributed by atoms with Gasteiger partial charge in [-0.2, -0.15) is 0 Å². The predicted octanol–water partition coefficient (Wildman–Crippen LogP) is 6.91. The molecule has 6 nitrogen and oxygen atoms in total. The molecule has 3 aromatic carbocycles. The van der Waals surface area contributed by atoms with Gasteiger partial charge in [-0.05, 0) is 99.2 Å². The van der Waals surface area contributed by atoms with Gasteiger partial charge >= 0.3 is 6.09 Å². The van der Waals surface area contributed by atoms with E-state index in [2.05, 4.69) is 0 Å². The number of benzene rings is 3. The van der Waals surface area contributed by atoms with E-state index in [9.17, 15) is 19.1 Å². The van der Waals surface area contributed by atoms with Crippen LogP contribution in [0.3, 0.4) is 0 Å². The molecule has 2 atom stereocenters. The molecule has 0 heterocycles. The fraction of sp³-hybridized carbons (Fsp3) is 0.333. The molecular weight excluding hydrogens is 509 g/mol. The van der Waals surface area contributed by atoms with Gasteiger partial charge in [0.1, 0.15) is 22.9 Å². The number of carbonyl (C=O) groups is 2. The first-order chi connectivity index (χ1) is 18.0. The number of hydrogen-bond donors (Lipinski definition) is 1. The molecule has 3 aromatic rings. The van der Waals surface area contributed by atoms with Crippen molar-refractivity contribution < 1.29 is 28.6 Å². The van der Waals surface area contributed by atoms with Crippen LogP contribution in [0.5, 0.6) is 11.5 Å². The number of aliphatic hydroxyl groups excluding tert-OH is 1. The van der Waals surface area contributed by atoms with E-state index in [1.165, 1.54) is 18.2 Å². The zero-order valence-corrected chi connectivity index (χ0v) is 22.4. The molecule has 1 aliphatic carbocycles. The third-order valence-corrected chi connectivity index (χ3v) is 6.62. The maximum absolute atomic E-state index is 13.7. The number of aliphatic hydroxyl groups is 1. The molecule has 200 valence electrons. The number of halogens is 2. The van der Waals surface area contributed by atoms with Crippen LogP contribution in [0.4, 0.5) is 9.18 Å². The number of carbonyl (C=O) groups excluding carboxylic acids is 2. The second-order valence-corrected chi connectivity index (χ2v) is 10.9. The van der Waals surface area contributed by atoms with E-state index in [1.807, 2.05) is 39.0 Å². The smallest absolute Gasteiger partial charge is 0.410 e. The monoisotopic (exact) mass is 539 g/mol. The normalized spacial score (nSPS) is 15.8. The second-order valence-electron chi connectivity index (χ2n) is 10.4. The minimum absolute atomic E-state index is 0.0511. The third kappa shape index (κ3) is 6.91. The van der Waals surface area contributed by atoms with Crippen molar-refractivity contribution in [1.82, 2.24) is 4.90 Å². The van der Waals surface area contributed by atoms with E-state index in [4.69, 9.17) is 21.1 Å². The van der Waals surface area contributed by atoms with Crippen LogP contribution in [0.2, 0.25) is 5.02 Å². The molecule has 0 saturated heterocycles. The Hall–Kier alpha value is -3.42. The van der Waals surface area contributed by atoms with E-state index >= 15 is 0 Å². The van der Waals surface area contributed by atoms with Gasteiger partial charge in [-0.1, -0.05) is 29.8 Å². The summed E-state index contributed by atoms with van der Waals surface area (Å²) >= 11 is 6.11. The largest absolute Gasteiger partial charge is 0.457 e. The van der Waals surface area contributed by atoms with Gasteiger partial charge in [0.05, 0.1) is 18.2 Å². The molecule has 1 amide bonds. The number of fused-ring (bicyclic) bond motifs is 1. The Morgan fingerprint density at radius 1 is 1.13 bits per heavy atom. The summed E-state index contributed by atoms with van der Waals surface area (Å²) in [6.45, 7) is 5.47. The zero-order chi connectivity index (χ0) is 27.4. The van der Waals surface area contributed by atoms with Crippen molar-refractivity contribution in [3.05, 3.63) is 93.8 Å². The number of hydrogen-bond acceptors (Lipinski definition) is 5. The molecule has 0 radical (unpaired) electrons. The Morgan fingerprint density at radius 2 is 1.87 bits per heavy atom. The maximum Gasteiger partial charge on any atom is 0.410 e. The molecule has 1 aliphatic rings. The van der Waals surface area contributed by atoms with Crippen molar-refractivity contribution >= 4 is 24.0 Å². The number of nitrogens with zero attached hydrogens (tertiary/aromatic N) is 1. The second kappa shape index (κ2) is 11.5. The lowest BCUT2D eigenvalue weighted by Crippen LogP contribution is -2.47. The SMILES string of the molecule is CC(C)(C)OC(=O)N(C[C@H](O)c1cccc(Cl)c1)[C@H]1CCc2ccc(Oc3ccc(F)c(C=O)c3)cc2C1. The lowest BCUT2D eigenvalue weighted by Gasteiger charge is -2.37. The van der Waals surface area contributed by atoms with Crippen LogP contribution in [-0.2, 0) is 17.6 Å². The van der Waals surface area contributed by atoms with Gasteiger partial charge in [0.2, 0.25) is 0 Å². The van der Waals surface area contributed by atoms with Gasteiger partial charge in [0, 0.05) is 11.1 Å². The van der Waals surface area contributed by atoms with Crippen molar-refractivity contribution in [2.24, 2.45) is 0 Å². The summed E-state index contributed by atoms with van der Waals surface area (Å²) in [6.07, 6.45) is 0.989. The van der Waals surface area contributed by atoms with Crippen LogP contribution >= 0.6 is 11.6 Å². The first kappa shape index (κ1) is 27.6. The molecule has 0 bridgehead atoms. The lowest BCUT2D eigenvalue weighted by atomic mass is 9.87. The van der Waals surface area contributed by atoms with Gasteiger partial charge in [0.25, 0.3) is 0 Å². The van der Waals surface area contributed by atoms with Crippen LogP contribution < -0.4 is 4.74 Å². The van der Waals surface area contributed by atoms with Gasteiger partial charge in [0.15, 0.2) is 6.29 Å². The molecule has 38 heavy (non-hydrogen) atoms. The Bertz CT molecular complexity index is 1320. The summed E-state index contributed by atoms with van der Waals surface area (Å²) < 4.78 is 25.3. The summed E-state index contributed by atoms with van der Waals surface area (Å²) in [4.78, 5) is 26.0. The van der Waals surface area contributed by atoms with Gasteiger partial charge in [-0.25, -0.2) is 9.18 Å². The highest BCUT2D eigenvalue weighted by Gasteiger charge is 2.33. The fourth-order valence-corrected chi connectivity index (χ4v) is 4.75. The molecule has 0 unspecified atom stereocenters. The lowest BCUT2D eigenvalue weighted by molar-refractivity contribution is 0.00195. The van der Waals surface area contributed by atoms with E-state index in [0.29, 0.717) is 41.2 Å². The third-order valence-electron chi connectivity index (χ3n) is 6.38. The molecule has 0 saturated carbocycles. The summed E-state index contributed by atoms with van der Waals surface area (Å²) in [7, 11) is 0. The Labute approximate surface area is 226 Å². The summed E-state index contributed by atoms with van der Waals surface area (Å²) in [5.74, 6) is 0.277. The molecule has 4 rings (SSSR count). The van der Waals surface area contributed by atoms with Crippen molar-refractivity contribution in [3.63, 3.8) is 0 Å². The standard InChI is InChI=1S/C30H31ClFNO5/c1-30(2,3)38-29(36)33(17-28(35)20-5-4-6-23(31)13-20)24-9-7-19-8-10-25(15-21(19)14-24)37-26-11-12-27(32)22(16-26)18-34/h4-6,8,10-13,15-16,18,24,28,35H,7,9,14,17H2,1-3H3/t24-,28-/m0/s1. The van der Waals surface area contributed by atoms with E-state index in [1.54, 1.807) is 29.2 Å². The van der Waals surface area contributed by atoms with Gasteiger partial charge < -0.3 is 19.5 Å². The van der Waals surface area contributed by atoms with Crippen LogP contribution in [0, 0.1) is 5.82 Å².